The van der Waals surface area contributed by atoms with E-state index in [0.717, 1.165) is 12.8 Å². The van der Waals surface area contributed by atoms with Crippen LogP contribution in [0.3, 0.4) is 0 Å². The Hall–Kier alpha value is -1.59. The molecule has 3 amide bonds. The molecule has 1 rings (SSSR count). The van der Waals surface area contributed by atoms with Crippen molar-refractivity contribution in [2.75, 3.05) is 13.1 Å². The minimum Gasteiger partial charge on any atom is -0.481 e. The van der Waals surface area contributed by atoms with Gasteiger partial charge in [0.05, 0.1) is 0 Å². The molecule has 0 radical (unpaired) electrons. The monoisotopic (exact) mass is 284 g/mol. The molecule has 0 aromatic carbocycles. The van der Waals surface area contributed by atoms with Gasteiger partial charge in [0, 0.05) is 25.9 Å². The van der Waals surface area contributed by atoms with Crippen LogP contribution in [0.5, 0.6) is 0 Å². The predicted molar refractivity (Wildman–Crippen MR) is 74.2 cm³/mol. The highest BCUT2D eigenvalue weighted by Crippen LogP contribution is 2.26. The maximum absolute atomic E-state index is 11.9. The van der Waals surface area contributed by atoms with Crippen molar-refractivity contribution in [2.24, 2.45) is 5.92 Å². The first-order valence-electron chi connectivity index (χ1n) is 7.33. The first-order chi connectivity index (χ1) is 9.52. The van der Waals surface area contributed by atoms with Crippen LogP contribution in [0, 0.1) is 5.92 Å². The highest BCUT2D eigenvalue weighted by atomic mass is 16.4. The molecular formula is C14H24N2O4. The number of hydrogen-bond donors (Lipinski definition) is 2. The van der Waals surface area contributed by atoms with Crippen molar-refractivity contribution in [3.63, 3.8) is 0 Å². The van der Waals surface area contributed by atoms with Crippen LogP contribution < -0.4 is 5.32 Å². The van der Waals surface area contributed by atoms with Gasteiger partial charge in [-0.1, -0.05) is 6.42 Å². The summed E-state index contributed by atoms with van der Waals surface area (Å²) < 4.78 is 0. The van der Waals surface area contributed by atoms with Gasteiger partial charge in [-0.2, -0.15) is 0 Å². The SMILES string of the molecule is CCN(CC1CCC1)C(=O)NC(=O)CCCCC(=O)O. The number of nitrogens with zero attached hydrogens (tertiary/aromatic N) is 1. The van der Waals surface area contributed by atoms with Crippen LogP contribution >= 0.6 is 0 Å². The molecule has 1 aliphatic carbocycles. The number of carbonyl (C=O) groups is 3. The zero-order valence-electron chi connectivity index (χ0n) is 12.1. The molecule has 20 heavy (non-hydrogen) atoms. The van der Waals surface area contributed by atoms with Crippen LogP contribution in [-0.4, -0.2) is 41.0 Å². The van der Waals surface area contributed by atoms with E-state index < -0.39 is 5.97 Å². The Morgan fingerprint density at radius 2 is 1.85 bits per heavy atom. The number of rotatable bonds is 8. The number of amides is 3. The molecule has 0 saturated heterocycles. The molecule has 114 valence electrons. The van der Waals surface area contributed by atoms with E-state index in [2.05, 4.69) is 5.32 Å². The summed E-state index contributed by atoms with van der Waals surface area (Å²) in [6.07, 6.45) is 4.74. The lowest BCUT2D eigenvalue weighted by molar-refractivity contribution is -0.137. The number of carboxylic acid groups (broad SMARTS) is 1. The standard InChI is InChI=1S/C14H24N2O4/c1-2-16(10-11-6-5-7-11)14(20)15-12(17)8-3-4-9-13(18)19/h11H,2-10H2,1H3,(H,18,19)(H,15,17,20). The minimum absolute atomic E-state index is 0.0595. The van der Waals surface area contributed by atoms with Crippen LogP contribution in [0.25, 0.3) is 0 Å². The molecule has 6 heteroatoms. The Kier molecular flexibility index (Phi) is 7.04. The Bertz CT molecular complexity index is 353. The summed E-state index contributed by atoms with van der Waals surface area (Å²) in [5.74, 6) is -0.613. The molecule has 2 N–H and O–H groups in total. The van der Waals surface area contributed by atoms with Crippen LogP contribution in [-0.2, 0) is 9.59 Å². The summed E-state index contributed by atoms with van der Waals surface area (Å²) >= 11 is 0. The molecule has 0 bridgehead atoms. The Morgan fingerprint density at radius 3 is 2.35 bits per heavy atom. The molecular weight excluding hydrogens is 260 g/mol. The number of hydrogen-bond acceptors (Lipinski definition) is 3. The van der Waals surface area contributed by atoms with E-state index >= 15 is 0 Å². The van der Waals surface area contributed by atoms with Crippen molar-refractivity contribution < 1.29 is 19.5 Å². The van der Waals surface area contributed by atoms with Gasteiger partial charge in [0.15, 0.2) is 0 Å². The molecule has 0 aliphatic heterocycles. The van der Waals surface area contributed by atoms with Crippen LogP contribution in [0.4, 0.5) is 4.79 Å². The normalized spacial score (nSPS) is 14.4. The molecule has 0 spiro atoms. The van der Waals surface area contributed by atoms with Gasteiger partial charge in [0.25, 0.3) is 0 Å². The molecule has 0 atom stereocenters. The van der Waals surface area contributed by atoms with Gasteiger partial charge in [-0.05, 0) is 38.5 Å². The average molecular weight is 284 g/mol. The quantitative estimate of drug-likeness (QED) is 0.667. The summed E-state index contributed by atoms with van der Waals surface area (Å²) in [6, 6.07) is -0.331. The number of imide groups is 1. The van der Waals surface area contributed by atoms with Crippen molar-refractivity contribution >= 4 is 17.9 Å². The van der Waals surface area contributed by atoms with Gasteiger partial charge in [0.1, 0.15) is 0 Å². The Balaban J connectivity index is 2.20. The van der Waals surface area contributed by atoms with Crippen molar-refractivity contribution in [1.29, 1.82) is 0 Å². The highest BCUT2D eigenvalue weighted by molar-refractivity contribution is 5.94. The molecule has 1 fully saturated rings. The minimum atomic E-state index is -0.862. The fraction of sp³-hybridized carbons (Fsp3) is 0.786. The largest absolute Gasteiger partial charge is 0.481 e. The number of urea groups is 1. The molecule has 6 nitrogen and oxygen atoms in total. The summed E-state index contributed by atoms with van der Waals surface area (Å²) in [7, 11) is 0. The van der Waals surface area contributed by atoms with Gasteiger partial charge < -0.3 is 10.0 Å². The number of unbranched alkanes of at least 4 members (excludes halogenated alkanes) is 1. The van der Waals surface area contributed by atoms with Crippen molar-refractivity contribution in [3.8, 4) is 0 Å². The third kappa shape index (κ3) is 6.04. The maximum Gasteiger partial charge on any atom is 0.324 e. The van der Waals surface area contributed by atoms with Crippen LogP contribution in [0.15, 0.2) is 0 Å². The lowest BCUT2D eigenvalue weighted by Gasteiger charge is -2.31. The predicted octanol–water partition coefficient (Wildman–Crippen LogP) is 1.99. The van der Waals surface area contributed by atoms with Crippen LogP contribution in [0.2, 0.25) is 0 Å². The van der Waals surface area contributed by atoms with Gasteiger partial charge in [0.2, 0.25) is 5.91 Å². The second kappa shape index (κ2) is 8.55. The third-order valence-corrected chi connectivity index (χ3v) is 3.66. The Morgan fingerprint density at radius 1 is 1.20 bits per heavy atom. The van der Waals surface area contributed by atoms with E-state index in [1.165, 1.54) is 6.42 Å². The van der Waals surface area contributed by atoms with Crippen molar-refractivity contribution in [2.45, 2.75) is 51.9 Å². The number of nitrogens with one attached hydrogen (secondary N) is 1. The van der Waals surface area contributed by atoms with E-state index in [0.29, 0.717) is 31.8 Å². The van der Waals surface area contributed by atoms with E-state index in [1.807, 2.05) is 6.92 Å². The van der Waals surface area contributed by atoms with E-state index in [4.69, 9.17) is 5.11 Å². The summed E-state index contributed by atoms with van der Waals surface area (Å²) in [6.45, 7) is 3.21. The second-order valence-corrected chi connectivity index (χ2v) is 5.29. The average Bonchev–Trinajstić information content (AvgIpc) is 2.33. The summed E-state index contributed by atoms with van der Waals surface area (Å²) in [5, 5.41) is 10.9. The van der Waals surface area contributed by atoms with Gasteiger partial charge in [-0.15, -0.1) is 0 Å². The van der Waals surface area contributed by atoms with E-state index in [1.54, 1.807) is 4.90 Å². The summed E-state index contributed by atoms with van der Waals surface area (Å²) in [4.78, 5) is 35.5. The fourth-order valence-electron chi connectivity index (χ4n) is 2.17. The smallest absolute Gasteiger partial charge is 0.324 e. The van der Waals surface area contributed by atoms with Crippen molar-refractivity contribution in [3.05, 3.63) is 0 Å². The topological polar surface area (TPSA) is 86.7 Å². The van der Waals surface area contributed by atoms with E-state index in [-0.39, 0.29) is 24.8 Å². The molecule has 0 unspecified atom stereocenters. The van der Waals surface area contributed by atoms with Crippen LogP contribution in [0.1, 0.15) is 51.9 Å². The van der Waals surface area contributed by atoms with Crippen molar-refractivity contribution in [1.82, 2.24) is 10.2 Å². The molecule has 1 saturated carbocycles. The zero-order valence-corrected chi connectivity index (χ0v) is 12.1. The Labute approximate surface area is 119 Å². The van der Waals surface area contributed by atoms with Gasteiger partial charge in [-0.3, -0.25) is 14.9 Å². The molecule has 0 aromatic rings. The lowest BCUT2D eigenvalue weighted by atomic mass is 9.85. The van der Waals surface area contributed by atoms with Gasteiger partial charge in [-0.25, -0.2) is 4.79 Å². The third-order valence-electron chi connectivity index (χ3n) is 3.66. The number of carbonyl (C=O) groups excluding carboxylic acids is 2. The highest BCUT2D eigenvalue weighted by Gasteiger charge is 2.23. The summed E-state index contributed by atoms with van der Waals surface area (Å²) in [5.41, 5.74) is 0. The maximum atomic E-state index is 11.9. The van der Waals surface area contributed by atoms with E-state index in [9.17, 15) is 14.4 Å². The number of aliphatic carboxylic acids is 1. The lowest BCUT2D eigenvalue weighted by Crippen LogP contribution is -2.45. The first-order valence-corrected chi connectivity index (χ1v) is 7.33. The second-order valence-electron chi connectivity index (χ2n) is 5.29. The number of carboxylic acids is 1. The fourth-order valence-corrected chi connectivity index (χ4v) is 2.17. The molecule has 0 heterocycles. The van der Waals surface area contributed by atoms with Gasteiger partial charge >= 0.3 is 12.0 Å². The molecule has 1 aliphatic rings. The molecule has 0 aromatic heterocycles. The zero-order chi connectivity index (χ0) is 15.0. The first kappa shape index (κ1) is 16.5.